The average Bonchev–Trinajstić information content (AvgIpc) is 3.57. The van der Waals surface area contributed by atoms with E-state index in [0.29, 0.717) is 22.9 Å². The van der Waals surface area contributed by atoms with Gasteiger partial charge in [0, 0.05) is 41.4 Å². The molecule has 1 aliphatic carbocycles. The molecule has 1 aliphatic rings. The number of hydrogen-bond acceptors (Lipinski definition) is 3. The fraction of sp³-hybridized carbons (Fsp3) is 0.286. The van der Waals surface area contributed by atoms with Crippen LogP contribution in [0.15, 0.2) is 48.8 Å². The van der Waals surface area contributed by atoms with Gasteiger partial charge in [0.15, 0.2) is 0 Å². The highest BCUT2D eigenvalue weighted by Gasteiger charge is 2.28. The van der Waals surface area contributed by atoms with Crippen LogP contribution in [0.4, 0.5) is 18.9 Å². The molecule has 0 unspecified atom stereocenters. The largest absolute Gasteiger partial charge is 0.358 e. The number of nitrogens with zero attached hydrogens (tertiary/aromatic N) is 2. The fourth-order valence-corrected chi connectivity index (χ4v) is 4.11. The van der Waals surface area contributed by atoms with Crippen LogP contribution in [0.3, 0.4) is 0 Å². The molecule has 2 N–H and O–H groups in total. The fourth-order valence-electron chi connectivity index (χ4n) is 4.11. The Morgan fingerprint density at radius 2 is 2.03 bits per heavy atom. The third-order valence-electron chi connectivity index (χ3n) is 6.16. The van der Waals surface area contributed by atoms with Crippen molar-refractivity contribution in [2.45, 2.75) is 51.9 Å². The van der Waals surface area contributed by atoms with Crippen LogP contribution in [0.2, 0.25) is 0 Å². The average molecular weight is 479 g/mol. The lowest BCUT2D eigenvalue weighted by molar-refractivity contribution is 0.0165. The minimum absolute atomic E-state index is 0.158. The smallest absolute Gasteiger partial charge is 0.272 e. The summed E-state index contributed by atoms with van der Waals surface area (Å²) in [6.45, 7) is 12.3. The lowest BCUT2D eigenvalue weighted by atomic mass is 10.00. The van der Waals surface area contributed by atoms with E-state index in [-0.39, 0.29) is 23.5 Å². The van der Waals surface area contributed by atoms with Crippen molar-refractivity contribution in [3.05, 3.63) is 93.3 Å². The van der Waals surface area contributed by atoms with Gasteiger partial charge in [-0.25, -0.2) is 13.2 Å². The third kappa shape index (κ3) is 5.56. The van der Waals surface area contributed by atoms with Crippen molar-refractivity contribution >= 4 is 23.9 Å². The molecule has 0 spiro atoms. The first-order valence-electron chi connectivity index (χ1n) is 11.6. The maximum atomic E-state index is 15.0. The normalized spacial score (nSPS) is 14.9. The number of allylic oxidation sites excluding steroid dienone is 3. The van der Waals surface area contributed by atoms with Gasteiger partial charge in [-0.2, -0.15) is 5.10 Å². The van der Waals surface area contributed by atoms with Crippen LogP contribution in [0.25, 0.3) is 18.2 Å². The SMILES string of the molecule is C=C(Cc1ccc(C(/C=c2/c(C3CC3)n[nH]c2=C)=C/C)cc1F)Nc1cnc(C)c(C(C)(F)F)c1. The number of pyridine rings is 1. The van der Waals surface area contributed by atoms with E-state index < -0.39 is 5.92 Å². The van der Waals surface area contributed by atoms with Gasteiger partial charge in [-0.15, -0.1) is 0 Å². The van der Waals surface area contributed by atoms with Crippen molar-refractivity contribution in [2.24, 2.45) is 0 Å². The minimum atomic E-state index is -3.01. The zero-order chi connectivity index (χ0) is 25.3. The quantitative estimate of drug-likeness (QED) is 0.437. The minimum Gasteiger partial charge on any atom is -0.358 e. The van der Waals surface area contributed by atoms with Crippen molar-refractivity contribution in [1.29, 1.82) is 0 Å². The Balaban J connectivity index is 1.52. The van der Waals surface area contributed by atoms with Crippen molar-refractivity contribution in [3.8, 4) is 0 Å². The van der Waals surface area contributed by atoms with Gasteiger partial charge in [0.1, 0.15) is 5.82 Å². The predicted octanol–water partition coefficient (Wildman–Crippen LogP) is 5.70. The van der Waals surface area contributed by atoms with Crippen LogP contribution in [-0.4, -0.2) is 15.2 Å². The highest BCUT2D eigenvalue weighted by molar-refractivity contribution is 5.88. The number of halogens is 3. The molecule has 2 heterocycles. The monoisotopic (exact) mass is 478 g/mol. The van der Waals surface area contributed by atoms with Crippen LogP contribution in [0, 0.1) is 12.7 Å². The summed E-state index contributed by atoms with van der Waals surface area (Å²) in [7, 11) is 0. The van der Waals surface area contributed by atoms with Gasteiger partial charge in [-0.3, -0.25) is 10.1 Å². The van der Waals surface area contributed by atoms with E-state index in [1.54, 1.807) is 6.07 Å². The summed E-state index contributed by atoms with van der Waals surface area (Å²) in [4.78, 5) is 4.04. The van der Waals surface area contributed by atoms with Crippen molar-refractivity contribution in [1.82, 2.24) is 15.2 Å². The molecule has 4 rings (SSSR count). The molecule has 4 nitrogen and oxygen atoms in total. The number of alkyl halides is 2. The van der Waals surface area contributed by atoms with Gasteiger partial charge in [0.05, 0.1) is 22.9 Å². The zero-order valence-electron chi connectivity index (χ0n) is 20.2. The van der Waals surface area contributed by atoms with E-state index in [2.05, 4.69) is 33.7 Å². The highest BCUT2D eigenvalue weighted by Crippen LogP contribution is 2.37. The van der Waals surface area contributed by atoms with Gasteiger partial charge in [-0.05, 0) is 61.6 Å². The second kappa shape index (κ2) is 9.56. The molecule has 1 fully saturated rings. The molecule has 3 aromatic rings. The van der Waals surface area contributed by atoms with Crippen molar-refractivity contribution in [3.63, 3.8) is 0 Å². The first-order chi connectivity index (χ1) is 16.6. The molecule has 2 aromatic heterocycles. The Morgan fingerprint density at radius 1 is 1.29 bits per heavy atom. The van der Waals surface area contributed by atoms with Crippen LogP contribution in [-0.2, 0) is 12.3 Å². The first kappa shape index (κ1) is 24.5. The predicted molar refractivity (Wildman–Crippen MR) is 135 cm³/mol. The summed E-state index contributed by atoms with van der Waals surface area (Å²) >= 11 is 0. The van der Waals surface area contributed by atoms with E-state index in [9.17, 15) is 8.78 Å². The molecule has 1 aromatic carbocycles. The maximum absolute atomic E-state index is 15.0. The lowest BCUT2D eigenvalue weighted by Crippen LogP contribution is -2.23. The Bertz CT molecular complexity index is 1410. The standard InChI is InChI=1S/C28H29F3N4/c1-6-19(12-24-17(3)34-35-27(24)20-7-8-20)21-9-10-22(26(29)13-21)11-16(2)33-23-14-25(28(5,30)31)18(4)32-15-23/h6,9-10,12-15,20,33-34H,2-3,7-8,11H2,1,4-5H3/b19-6+,24-12+. The van der Waals surface area contributed by atoms with Gasteiger partial charge in [0.2, 0.25) is 0 Å². The summed E-state index contributed by atoms with van der Waals surface area (Å²) in [6, 6.07) is 6.43. The maximum Gasteiger partial charge on any atom is 0.272 e. The third-order valence-corrected chi connectivity index (χ3v) is 6.16. The number of hydrogen-bond donors (Lipinski definition) is 2. The molecular formula is C28H29F3N4. The Morgan fingerprint density at radius 3 is 2.66 bits per heavy atom. The summed E-state index contributed by atoms with van der Waals surface area (Å²) < 4.78 is 42.7. The summed E-state index contributed by atoms with van der Waals surface area (Å²) in [5.74, 6) is -2.91. The number of H-pyrrole nitrogens is 1. The highest BCUT2D eigenvalue weighted by atomic mass is 19.3. The van der Waals surface area contributed by atoms with Gasteiger partial charge >= 0.3 is 0 Å². The van der Waals surface area contributed by atoms with Crippen LogP contribution < -0.4 is 15.9 Å². The number of aromatic nitrogens is 3. The summed E-state index contributed by atoms with van der Waals surface area (Å²) in [5.41, 5.74) is 4.04. The molecule has 0 atom stereocenters. The molecule has 35 heavy (non-hydrogen) atoms. The number of anilines is 1. The molecular weight excluding hydrogens is 449 g/mol. The molecule has 0 amide bonds. The second-order valence-electron chi connectivity index (χ2n) is 9.12. The van der Waals surface area contributed by atoms with Crippen molar-refractivity contribution < 1.29 is 13.2 Å². The molecule has 0 saturated heterocycles. The first-order valence-corrected chi connectivity index (χ1v) is 11.6. The van der Waals surface area contributed by atoms with Gasteiger partial charge < -0.3 is 5.32 Å². The summed E-state index contributed by atoms with van der Waals surface area (Å²) in [6.07, 6.45) is 7.84. The zero-order valence-corrected chi connectivity index (χ0v) is 20.2. The number of benzene rings is 1. The van der Waals surface area contributed by atoms with Crippen LogP contribution in [0.5, 0.6) is 0 Å². The number of aromatic amines is 1. The van der Waals surface area contributed by atoms with Crippen molar-refractivity contribution in [2.75, 3.05) is 5.32 Å². The number of nitrogens with one attached hydrogen (secondary N) is 2. The van der Waals surface area contributed by atoms with E-state index in [1.165, 1.54) is 25.3 Å². The van der Waals surface area contributed by atoms with Crippen LogP contribution in [0.1, 0.15) is 60.7 Å². The summed E-state index contributed by atoms with van der Waals surface area (Å²) in [5, 5.41) is 12.0. The second-order valence-corrected chi connectivity index (χ2v) is 9.12. The number of rotatable bonds is 8. The van der Waals surface area contributed by atoms with Gasteiger partial charge in [0.25, 0.3) is 5.92 Å². The number of aryl methyl sites for hydroxylation is 1. The van der Waals surface area contributed by atoms with Gasteiger partial charge in [-0.1, -0.05) is 31.4 Å². The van der Waals surface area contributed by atoms with Crippen LogP contribution >= 0.6 is 0 Å². The van der Waals surface area contributed by atoms with E-state index >= 15 is 4.39 Å². The Labute approximate surface area is 203 Å². The molecule has 0 bridgehead atoms. The molecule has 182 valence electrons. The molecule has 7 heteroatoms. The van der Waals surface area contributed by atoms with E-state index in [4.69, 9.17) is 0 Å². The molecule has 0 aliphatic heterocycles. The lowest BCUT2D eigenvalue weighted by Gasteiger charge is -2.16. The molecule has 0 radical (unpaired) electrons. The van der Waals surface area contributed by atoms with E-state index in [0.717, 1.165) is 47.2 Å². The van der Waals surface area contributed by atoms with E-state index in [1.807, 2.05) is 25.1 Å². The Kier molecular flexibility index (Phi) is 6.70. The topological polar surface area (TPSA) is 53.6 Å². The molecule has 1 saturated carbocycles. The Hall–Kier alpha value is -3.61.